The van der Waals surface area contributed by atoms with Crippen molar-refractivity contribution in [3.05, 3.63) is 28.5 Å². The smallest absolute Gasteiger partial charge is 0.106 e. The van der Waals surface area contributed by atoms with Crippen LogP contribution in [0.25, 0.3) is 0 Å². The van der Waals surface area contributed by atoms with Gasteiger partial charge in [-0.2, -0.15) is 0 Å². The van der Waals surface area contributed by atoms with Gasteiger partial charge in [-0.15, -0.1) is 11.8 Å². The average molecular weight is 253 g/mol. The van der Waals surface area contributed by atoms with Gasteiger partial charge in [0, 0.05) is 19.5 Å². The Labute approximate surface area is 93.3 Å². The van der Waals surface area contributed by atoms with E-state index in [9.17, 15) is 0 Å². The highest BCUT2D eigenvalue weighted by Crippen LogP contribution is 2.05. The molecule has 74 valence electrons. The summed E-state index contributed by atoms with van der Waals surface area (Å²) in [7, 11) is 0. The van der Waals surface area contributed by atoms with Crippen LogP contribution >= 0.6 is 15.9 Å². The Morgan fingerprint density at radius 3 is 3.07 bits per heavy atom. The quantitative estimate of drug-likeness (QED) is 0.506. The topological polar surface area (TPSA) is 24.9 Å². The third kappa shape index (κ3) is 4.40. The lowest BCUT2D eigenvalue weighted by Crippen LogP contribution is -2.15. The van der Waals surface area contributed by atoms with Crippen LogP contribution in [0.5, 0.6) is 0 Å². The number of rotatable bonds is 4. The van der Waals surface area contributed by atoms with Gasteiger partial charge >= 0.3 is 0 Å². The number of hydrogen-bond donors (Lipinski definition) is 1. The van der Waals surface area contributed by atoms with Crippen molar-refractivity contribution < 1.29 is 0 Å². The van der Waals surface area contributed by atoms with E-state index in [0.717, 1.165) is 29.8 Å². The Morgan fingerprint density at radius 1 is 1.50 bits per heavy atom. The third-order valence-corrected chi connectivity index (χ3v) is 2.12. The average Bonchev–Trinajstić information content (AvgIpc) is 2.18. The molecule has 0 radical (unpaired) electrons. The lowest BCUT2D eigenvalue weighted by atomic mass is 10.3. The minimum atomic E-state index is 0.796. The lowest BCUT2D eigenvalue weighted by Gasteiger charge is -2.01. The first-order chi connectivity index (χ1) is 6.83. The molecule has 1 aromatic heterocycles. The van der Waals surface area contributed by atoms with E-state index in [1.165, 1.54) is 0 Å². The van der Waals surface area contributed by atoms with E-state index in [4.69, 9.17) is 0 Å². The summed E-state index contributed by atoms with van der Waals surface area (Å²) in [5, 5.41) is 3.28. The van der Waals surface area contributed by atoms with Crippen LogP contribution in [0, 0.1) is 11.8 Å². The zero-order valence-corrected chi connectivity index (χ0v) is 9.76. The number of nitrogens with zero attached hydrogens (tertiary/aromatic N) is 1. The summed E-state index contributed by atoms with van der Waals surface area (Å²) in [6.45, 7) is 3.57. The second-order valence-electron chi connectivity index (χ2n) is 2.81. The van der Waals surface area contributed by atoms with Crippen LogP contribution in [0.15, 0.2) is 22.8 Å². The van der Waals surface area contributed by atoms with Crippen molar-refractivity contribution in [1.82, 2.24) is 10.3 Å². The van der Waals surface area contributed by atoms with E-state index >= 15 is 0 Å². The Kier molecular flexibility index (Phi) is 5.28. The van der Waals surface area contributed by atoms with Gasteiger partial charge in [0.2, 0.25) is 0 Å². The SMILES string of the molecule is CC#CCCNCc1cccc(Br)n1. The molecule has 0 atom stereocenters. The second-order valence-corrected chi connectivity index (χ2v) is 3.62. The molecule has 0 spiro atoms. The zero-order chi connectivity index (χ0) is 10.2. The number of hydrogen-bond acceptors (Lipinski definition) is 2. The number of aromatic nitrogens is 1. The summed E-state index contributed by atoms with van der Waals surface area (Å²) < 4.78 is 0.880. The molecular formula is C11H13BrN2. The van der Waals surface area contributed by atoms with Crippen molar-refractivity contribution in [1.29, 1.82) is 0 Å². The lowest BCUT2D eigenvalue weighted by molar-refractivity contribution is 0.686. The normalized spacial score (nSPS) is 9.29. The molecule has 1 rings (SSSR count). The van der Waals surface area contributed by atoms with Crippen LogP contribution in [0.1, 0.15) is 19.0 Å². The first-order valence-corrected chi connectivity index (χ1v) is 5.34. The monoisotopic (exact) mass is 252 g/mol. The molecule has 1 aromatic rings. The molecule has 0 amide bonds. The van der Waals surface area contributed by atoms with E-state index < -0.39 is 0 Å². The molecule has 0 aromatic carbocycles. The third-order valence-electron chi connectivity index (χ3n) is 1.68. The van der Waals surface area contributed by atoms with Gasteiger partial charge in [-0.3, -0.25) is 0 Å². The predicted molar refractivity (Wildman–Crippen MR) is 61.7 cm³/mol. The van der Waals surface area contributed by atoms with E-state index in [0.29, 0.717) is 0 Å². The molecular weight excluding hydrogens is 240 g/mol. The molecule has 0 saturated carbocycles. The van der Waals surface area contributed by atoms with Gasteiger partial charge in [0.15, 0.2) is 0 Å². The molecule has 0 saturated heterocycles. The fourth-order valence-electron chi connectivity index (χ4n) is 1.04. The Bertz CT molecular complexity index is 339. The van der Waals surface area contributed by atoms with E-state index in [1.54, 1.807) is 0 Å². The maximum atomic E-state index is 4.31. The highest BCUT2D eigenvalue weighted by atomic mass is 79.9. The molecule has 0 aliphatic heterocycles. The maximum absolute atomic E-state index is 4.31. The van der Waals surface area contributed by atoms with E-state index in [2.05, 4.69) is 38.1 Å². The van der Waals surface area contributed by atoms with Gasteiger partial charge in [-0.25, -0.2) is 4.98 Å². The first-order valence-electron chi connectivity index (χ1n) is 4.54. The molecule has 2 nitrogen and oxygen atoms in total. The van der Waals surface area contributed by atoms with Crippen LogP contribution in [0.4, 0.5) is 0 Å². The van der Waals surface area contributed by atoms with Crippen molar-refractivity contribution in [3.63, 3.8) is 0 Å². The molecule has 0 aliphatic carbocycles. The molecule has 1 heterocycles. The van der Waals surface area contributed by atoms with Crippen molar-refractivity contribution in [2.45, 2.75) is 19.9 Å². The van der Waals surface area contributed by atoms with Crippen LogP contribution in [-0.4, -0.2) is 11.5 Å². The summed E-state index contributed by atoms with van der Waals surface area (Å²) in [4.78, 5) is 4.31. The van der Waals surface area contributed by atoms with Gasteiger partial charge < -0.3 is 5.32 Å². The van der Waals surface area contributed by atoms with Gasteiger partial charge in [-0.05, 0) is 35.0 Å². The van der Waals surface area contributed by atoms with Gasteiger partial charge in [0.1, 0.15) is 4.60 Å². The van der Waals surface area contributed by atoms with Crippen molar-refractivity contribution >= 4 is 15.9 Å². The van der Waals surface area contributed by atoms with E-state index in [-0.39, 0.29) is 0 Å². The minimum absolute atomic E-state index is 0.796. The van der Waals surface area contributed by atoms with Gasteiger partial charge in [-0.1, -0.05) is 6.07 Å². The van der Waals surface area contributed by atoms with Crippen LogP contribution in [0.3, 0.4) is 0 Å². The molecule has 0 fully saturated rings. The fraction of sp³-hybridized carbons (Fsp3) is 0.364. The standard InChI is InChI=1S/C11H13BrN2/c1-2-3-4-8-13-9-10-6-5-7-11(12)14-10/h5-7,13H,4,8-9H2,1H3. The van der Waals surface area contributed by atoms with E-state index in [1.807, 2.05) is 25.1 Å². The minimum Gasteiger partial charge on any atom is -0.310 e. The predicted octanol–water partition coefficient (Wildman–Crippen LogP) is 2.35. The molecule has 14 heavy (non-hydrogen) atoms. The summed E-state index contributed by atoms with van der Waals surface area (Å²) in [6.07, 6.45) is 0.893. The fourth-order valence-corrected chi connectivity index (χ4v) is 1.42. The van der Waals surface area contributed by atoms with Gasteiger partial charge in [0.05, 0.1) is 5.69 Å². The van der Waals surface area contributed by atoms with Crippen LogP contribution in [0.2, 0.25) is 0 Å². The van der Waals surface area contributed by atoms with Crippen LogP contribution in [-0.2, 0) is 6.54 Å². The number of pyridine rings is 1. The Hall–Kier alpha value is -0.850. The largest absolute Gasteiger partial charge is 0.310 e. The molecule has 0 aliphatic rings. The first kappa shape index (κ1) is 11.2. The summed E-state index contributed by atoms with van der Waals surface area (Å²) in [5.74, 6) is 5.87. The number of nitrogens with one attached hydrogen (secondary N) is 1. The number of halogens is 1. The Balaban J connectivity index is 2.27. The summed E-state index contributed by atoms with van der Waals surface area (Å²) in [5.41, 5.74) is 1.05. The summed E-state index contributed by atoms with van der Waals surface area (Å²) in [6, 6.07) is 5.91. The van der Waals surface area contributed by atoms with Gasteiger partial charge in [0.25, 0.3) is 0 Å². The maximum Gasteiger partial charge on any atom is 0.106 e. The Morgan fingerprint density at radius 2 is 2.36 bits per heavy atom. The van der Waals surface area contributed by atoms with Crippen molar-refractivity contribution in [3.8, 4) is 11.8 Å². The van der Waals surface area contributed by atoms with Crippen molar-refractivity contribution in [2.24, 2.45) is 0 Å². The second kappa shape index (κ2) is 6.58. The molecule has 1 N–H and O–H groups in total. The molecule has 3 heteroatoms. The zero-order valence-electron chi connectivity index (χ0n) is 8.18. The molecule has 0 unspecified atom stereocenters. The van der Waals surface area contributed by atoms with Crippen LogP contribution < -0.4 is 5.32 Å². The highest BCUT2D eigenvalue weighted by Gasteiger charge is 1.93. The summed E-state index contributed by atoms with van der Waals surface area (Å²) >= 11 is 3.33. The molecule has 0 bridgehead atoms. The van der Waals surface area contributed by atoms with Crippen molar-refractivity contribution in [2.75, 3.05) is 6.54 Å². The highest BCUT2D eigenvalue weighted by molar-refractivity contribution is 9.10.